The Hall–Kier alpha value is -0.497. The molecule has 0 saturated carbocycles. The van der Waals surface area contributed by atoms with Gasteiger partial charge in [-0.25, -0.2) is 0 Å². The van der Waals surface area contributed by atoms with E-state index in [1.165, 1.54) is 0 Å². The summed E-state index contributed by atoms with van der Waals surface area (Å²) < 4.78 is 0. The van der Waals surface area contributed by atoms with Crippen LogP contribution in [0.25, 0.3) is 0 Å². The first kappa shape index (κ1) is 21.8. The molecule has 2 rings (SSSR count). The van der Waals surface area contributed by atoms with E-state index in [0.717, 1.165) is 0 Å². The third-order valence-corrected chi connectivity index (χ3v) is 1.51. The molecule has 92 valence electrons. The molecule has 0 heterocycles. The Bertz CT molecular complexity index is 320. The third kappa shape index (κ3) is 11.8. The van der Waals surface area contributed by atoms with Gasteiger partial charge in [0.1, 0.15) is 11.5 Å². The molecule has 0 atom stereocenters. The topological polar surface area (TPSA) is 40.5 Å². The molecule has 0 amide bonds. The van der Waals surface area contributed by atoms with Crippen molar-refractivity contribution in [2.75, 3.05) is 0 Å². The molecular formula is C12H14Cl2O2Zr. The molecule has 2 N–H and O–H groups in total. The molecule has 2 aromatic carbocycles. The Morgan fingerprint density at radius 1 is 0.529 bits per heavy atom. The summed E-state index contributed by atoms with van der Waals surface area (Å²) in [6, 6.07) is 17.4. The van der Waals surface area contributed by atoms with Gasteiger partial charge in [0.25, 0.3) is 0 Å². The standard InChI is InChI=1S/2C6H6O.2ClH.Zr/c2*7-6-4-2-1-3-5-6;;;/h2*1-5,7H;2*1H;. The minimum Gasteiger partial charge on any atom is -0.508 e. The zero-order valence-corrected chi connectivity index (χ0v) is 13.1. The molecule has 17 heavy (non-hydrogen) atoms. The second-order valence-corrected chi connectivity index (χ2v) is 2.67. The number of benzene rings is 2. The maximum atomic E-state index is 8.63. The van der Waals surface area contributed by atoms with E-state index in [-0.39, 0.29) is 51.0 Å². The number of rotatable bonds is 0. The largest absolute Gasteiger partial charge is 0.508 e. The summed E-state index contributed by atoms with van der Waals surface area (Å²) in [4.78, 5) is 0. The normalized spacial score (nSPS) is 7.06. The summed E-state index contributed by atoms with van der Waals surface area (Å²) in [5.74, 6) is 0.644. The zero-order valence-electron chi connectivity index (χ0n) is 8.98. The van der Waals surface area contributed by atoms with Gasteiger partial charge in [0.2, 0.25) is 0 Å². The van der Waals surface area contributed by atoms with Gasteiger partial charge >= 0.3 is 0 Å². The molecule has 0 fully saturated rings. The molecular weight excluding hydrogens is 338 g/mol. The maximum absolute atomic E-state index is 8.63. The minimum atomic E-state index is 0. The Labute approximate surface area is 133 Å². The van der Waals surface area contributed by atoms with Gasteiger partial charge in [-0.1, -0.05) is 36.4 Å². The zero-order chi connectivity index (χ0) is 10.2. The smallest absolute Gasteiger partial charge is 0.115 e. The Morgan fingerprint density at radius 2 is 0.765 bits per heavy atom. The van der Waals surface area contributed by atoms with Gasteiger partial charge in [-0.15, -0.1) is 24.8 Å². The fourth-order valence-electron chi connectivity index (χ4n) is 0.856. The van der Waals surface area contributed by atoms with Crippen molar-refractivity contribution < 1.29 is 36.4 Å². The second-order valence-electron chi connectivity index (χ2n) is 2.67. The summed E-state index contributed by atoms with van der Waals surface area (Å²) in [6.07, 6.45) is 0. The molecule has 0 saturated heterocycles. The van der Waals surface area contributed by atoms with Crippen LogP contribution in [0, 0.1) is 0 Å². The molecule has 5 heteroatoms. The van der Waals surface area contributed by atoms with E-state index in [9.17, 15) is 0 Å². The van der Waals surface area contributed by atoms with E-state index in [1.54, 1.807) is 48.5 Å². The van der Waals surface area contributed by atoms with E-state index in [4.69, 9.17) is 10.2 Å². The number of aromatic hydroxyl groups is 2. The van der Waals surface area contributed by atoms with Crippen LogP contribution >= 0.6 is 24.8 Å². The third-order valence-electron chi connectivity index (χ3n) is 1.51. The van der Waals surface area contributed by atoms with E-state index in [1.807, 2.05) is 12.1 Å². The first-order valence-electron chi connectivity index (χ1n) is 4.27. The van der Waals surface area contributed by atoms with Gasteiger partial charge < -0.3 is 10.2 Å². The van der Waals surface area contributed by atoms with Crippen LogP contribution in [0.2, 0.25) is 0 Å². The Balaban J connectivity index is -0.000000196. The van der Waals surface area contributed by atoms with E-state index in [2.05, 4.69) is 0 Å². The average Bonchev–Trinajstić information content (AvgIpc) is 2.21. The van der Waals surface area contributed by atoms with Crippen molar-refractivity contribution in [2.45, 2.75) is 0 Å². The van der Waals surface area contributed by atoms with Crippen molar-refractivity contribution >= 4 is 24.8 Å². The molecule has 0 radical (unpaired) electrons. The van der Waals surface area contributed by atoms with Crippen molar-refractivity contribution in [2.24, 2.45) is 0 Å². The van der Waals surface area contributed by atoms with Crippen LogP contribution in [-0.4, -0.2) is 10.2 Å². The van der Waals surface area contributed by atoms with E-state index >= 15 is 0 Å². The van der Waals surface area contributed by atoms with Crippen molar-refractivity contribution in [3.63, 3.8) is 0 Å². The molecule has 0 bridgehead atoms. The number of phenolic OH excluding ortho intramolecular Hbond substituents is 2. The van der Waals surface area contributed by atoms with Crippen LogP contribution in [-0.2, 0) is 26.2 Å². The second kappa shape index (κ2) is 13.6. The summed E-state index contributed by atoms with van der Waals surface area (Å²) in [7, 11) is 0. The number of halogens is 2. The van der Waals surface area contributed by atoms with Crippen LogP contribution in [0.3, 0.4) is 0 Å². The molecule has 0 spiro atoms. The molecule has 2 nitrogen and oxygen atoms in total. The Morgan fingerprint density at radius 3 is 0.882 bits per heavy atom. The fraction of sp³-hybridized carbons (Fsp3) is 0. The van der Waals surface area contributed by atoms with Gasteiger partial charge in [0, 0.05) is 26.2 Å². The summed E-state index contributed by atoms with van der Waals surface area (Å²) in [5.41, 5.74) is 0. The van der Waals surface area contributed by atoms with Gasteiger partial charge in [0.15, 0.2) is 0 Å². The molecule has 0 aliphatic heterocycles. The van der Waals surface area contributed by atoms with Crippen LogP contribution < -0.4 is 0 Å². The van der Waals surface area contributed by atoms with Gasteiger partial charge in [-0.2, -0.15) is 0 Å². The SMILES string of the molecule is Cl.Cl.Oc1ccccc1.Oc1ccccc1.[Zr]. The molecule has 0 aliphatic carbocycles. The fourth-order valence-corrected chi connectivity index (χ4v) is 0.856. The summed E-state index contributed by atoms with van der Waals surface area (Å²) in [6.45, 7) is 0. The van der Waals surface area contributed by atoms with Crippen LogP contribution in [0.15, 0.2) is 60.7 Å². The summed E-state index contributed by atoms with van der Waals surface area (Å²) in [5, 5.41) is 17.3. The van der Waals surface area contributed by atoms with E-state index in [0.29, 0.717) is 11.5 Å². The molecule has 0 aromatic heterocycles. The van der Waals surface area contributed by atoms with Gasteiger partial charge in [0.05, 0.1) is 0 Å². The van der Waals surface area contributed by atoms with Crippen molar-refractivity contribution in [3.05, 3.63) is 60.7 Å². The molecule has 0 aliphatic rings. The average molecular weight is 352 g/mol. The van der Waals surface area contributed by atoms with Crippen molar-refractivity contribution in [3.8, 4) is 11.5 Å². The predicted octanol–water partition coefficient (Wildman–Crippen LogP) is 3.63. The first-order chi connectivity index (χ1) is 6.79. The number of hydrogen-bond acceptors (Lipinski definition) is 2. The Kier molecular flexibility index (Phi) is 17.4. The summed E-state index contributed by atoms with van der Waals surface area (Å²) >= 11 is 0. The quantitative estimate of drug-likeness (QED) is 0.760. The number of hydrogen-bond donors (Lipinski definition) is 2. The van der Waals surface area contributed by atoms with Crippen LogP contribution in [0.5, 0.6) is 11.5 Å². The van der Waals surface area contributed by atoms with Crippen LogP contribution in [0.4, 0.5) is 0 Å². The number of para-hydroxylation sites is 2. The van der Waals surface area contributed by atoms with Crippen molar-refractivity contribution in [1.29, 1.82) is 0 Å². The van der Waals surface area contributed by atoms with Crippen molar-refractivity contribution in [1.82, 2.24) is 0 Å². The van der Waals surface area contributed by atoms with Crippen LogP contribution in [0.1, 0.15) is 0 Å². The van der Waals surface area contributed by atoms with E-state index < -0.39 is 0 Å². The monoisotopic (exact) mass is 350 g/mol. The maximum Gasteiger partial charge on any atom is 0.115 e. The van der Waals surface area contributed by atoms with Gasteiger partial charge in [-0.3, -0.25) is 0 Å². The minimum absolute atomic E-state index is 0. The number of phenols is 2. The predicted molar refractivity (Wildman–Crippen MR) is 70.7 cm³/mol. The first-order valence-corrected chi connectivity index (χ1v) is 4.27. The molecule has 2 aromatic rings. The van der Waals surface area contributed by atoms with Gasteiger partial charge in [-0.05, 0) is 24.3 Å². The molecule has 0 unspecified atom stereocenters.